The van der Waals surface area contributed by atoms with Crippen LogP contribution in [0.3, 0.4) is 0 Å². The predicted molar refractivity (Wildman–Crippen MR) is 130 cm³/mol. The van der Waals surface area contributed by atoms with E-state index in [9.17, 15) is 18.3 Å². The number of halogens is 3. The molecule has 1 N–H and O–H groups in total. The number of aryl methyl sites for hydroxylation is 1. The fraction of sp³-hybridized carbons (Fsp3) is 0.786. The summed E-state index contributed by atoms with van der Waals surface area (Å²) >= 11 is 0. The molecule has 4 atom stereocenters. The first kappa shape index (κ1) is 27.9. The lowest BCUT2D eigenvalue weighted by molar-refractivity contribution is -0.171. The van der Waals surface area contributed by atoms with Gasteiger partial charge in [-0.05, 0) is 81.9 Å². The van der Waals surface area contributed by atoms with Gasteiger partial charge in [-0.25, -0.2) is 0 Å². The third-order valence-electron chi connectivity index (χ3n) is 7.78. The molecule has 0 amide bonds. The molecule has 0 aliphatic carbocycles. The number of hydrogen-bond donors (Lipinski definition) is 1. The summed E-state index contributed by atoms with van der Waals surface area (Å²) in [7, 11) is 0. The Labute approximate surface area is 199 Å². The largest absolute Gasteiger partial charge is 0.507 e. The molecule has 0 fully saturated rings. The van der Waals surface area contributed by atoms with Gasteiger partial charge >= 0.3 is 6.18 Å². The van der Waals surface area contributed by atoms with Crippen LogP contribution in [0.15, 0.2) is 6.07 Å². The van der Waals surface area contributed by atoms with E-state index in [4.69, 9.17) is 4.74 Å². The smallest absolute Gasteiger partial charge is 0.391 e. The molecule has 1 aliphatic heterocycles. The van der Waals surface area contributed by atoms with Gasteiger partial charge in [0.05, 0.1) is 5.92 Å². The van der Waals surface area contributed by atoms with Gasteiger partial charge in [0.25, 0.3) is 0 Å². The number of rotatable bonds is 12. The van der Waals surface area contributed by atoms with Gasteiger partial charge in [0.15, 0.2) is 0 Å². The van der Waals surface area contributed by atoms with E-state index >= 15 is 0 Å². The fourth-order valence-electron chi connectivity index (χ4n) is 5.12. The molecular formula is C28H45F3O2. The van der Waals surface area contributed by atoms with Crippen molar-refractivity contribution in [3.8, 4) is 11.5 Å². The van der Waals surface area contributed by atoms with Crippen LogP contribution < -0.4 is 4.74 Å². The first-order chi connectivity index (χ1) is 15.3. The Balaban J connectivity index is 1.65. The minimum Gasteiger partial charge on any atom is -0.507 e. The van der Waals surface area contributed by atoms with Crippen LogP contribution in [0.2, 0.25) is 0 Å². The van der Waals surface area contributed by atoms with E-state index in [-0.39, 0.29) is 12.0 Å². The molecule has 1 heterocycles. The molecule has 0 saturated heterocycles. The maximum atomic E-state index is 12.6. The van der Waals surface area contributed by atoms with Crippen LogP contribution in [0.25, 0.3) is 0 Å². The number of phenolic OH excluding ortho intramolecular Hbond substituents is 1. The van der Waals surface area contributed by atoms with E-state index in [1.54, 1.807) is 0 Å². The molecule has 0 aromatic heterocycles. The minimum atomic E-state index is -4.05. The zero-order valence-corrected chi connectivity index (χ0v) is 21.6. The highest BCUT2D eigenvalue weighted by Gasteiger charge is 2.35. The second kappa shape index (κ2) is 11.8. The van der Waals surface area contributed by atoms with Crippen molar-refractivity contribution in [1.29, 1.82) is 0 Å². The molecule has 2 nitrogen and oxygen atoms in total. The summed E-state index contributed by atoms with van der Waals surface area (Å²) in [5.74, 6) is 1.29. The van der Waals surface area contributed by atoms with Crippen molar-refractivity contribution in [3.63, 3.8) is 0 Å². The Bertz CT molecular complexity index is 758. The Morgan fingerprint density at radius 3 is 2.09 bits per heavy atom. The molecule has 190 valence electrons. The third-order valence-corrected chi connectivity index (χ3v) is 7.78. The highest BCUT2D eigenvalue weighted by molar-refractivity contribution is 5.53. The van der Waals surface area contributed by atoms with Crippen molar-refractivity contribution in [1.82, 2.24) is 0 Å². The molecule has 0 spiro atoms. The molecule has 0 saturated carbocycles. The number of ether oxygens (including phenoxy) is 1. The molecule has 5 heteroatoms. The molecule has 1 aromatic carbocycles. The normalized spacial score (nSPS) is 21.2. The van der Waals surface area contributed by atoms with Crippen molar-refractivity contribution >= 4 is 0 Å². The highest BCUT2D eigenvalue weighted by atomic mass is 19.4. The fourth-order valence-corrected chi connectivity index (χ4v) is 5.12. The van der Waals surface area contributed by atoms with Gasteiger partial charge in [0.2, 0.25) is 0 Å². The SMILES string of the molecule is Cc1cc2c(c(C)c1O)CCC(C)(CCCC(C)CCCC(C)CCCC(C)C(F)(F)F)O2. The molecule has 33 heavy (non-hydrogen) atoms. The molecular weight excluding hydrogens is 425 g/mol. The second-order valence-electron chi connectivity index (χ2n) is 11.1. The number of phenols is 1. The monoisotopic (exact) mass is 470 g/mol. The van der Waals surface area contributed by atoms with Crippen molar-refractivity contribution in [3.05, 3.63) is 22.8 Å². The van der Waals surface area contributed by atoms with Crippen LogP contribution in [0.4, 0.5) is 13.2 Å². The third kappa shape index (κ3) is 8.40. The molecule has 1 aliphatic rings. The van der Waals surface area contributed by atoms with Crippen LogP contribution >= 0.6 is 0 Å². The molecule has 0 radical (unpaired) electrons. The van der Waals surface area contributed by atoms with Crippen LogP contribution in [0.1, 0.15) is 109 Å². The van der Waals surface area contributed by atoms with Gasteiger partial charge in [0, 0.05) is 5.56 Å². The van der Waals surface area contributed by atoms with Gasteiger partial charge in [-0.1, -0.05) is 59.3 Å². The minimum absolute atomic E-state index is 0.148. The lowest BCUT2D eigenvalue weighted by Gasteiger charge is -2.37. The van der Waals surface area contributed by atoms with Gasteiger partial charge in [-0.3, -0.25) is 0 Å². The van der Waals surface area contributed by atoms with Gasteiger partial charge in [-0.15, -0.1) is 0 Å². The first-order valence-corrected chi connectivity index (χ1v) is 12.9. The summed E-state index contributed by atoms with van der Waals surface area (Å²) in [5.41, 5.74) is 2.81. The van der Waals surface area contributed by atoms with E-state index < -0.39 is 12.1 Å². The van der Waals surface area contributed by atoms with Gasteiger partial charge in [-0.2, -0.15) is 13.2 Å². The number of hydrogen-bond acceptors (Lipinski definition) is 2. The van der Waals surface area contributed by atoms with E-state index in [1.807, 2.05) is 19.9 Å². The Hall–Kier alpha value is -1.39. The Kier molecular flexibility index (Phi) is 9.99. The number of aromatic hydroxyl groups is 1. The van der Waals surface area contributed by atoms with Crippen molar-refractivity contribution in [2.75, 3.05) is 0 Å². The van der Waals surface area contributed by atoms with Crippen LogP contribution in [0, 0.1) is 31.6 Å². The summed E-state index contributed by atoms with van der Waals surface area (Å²) in [6, 6.07) is 1.97. The van der Waals surface area contributed by atoms with E-state index in [0.717, 1.165) is 67.4 Å². The maximum absolute atomic E-state index is 12.6. The topological polar surface area (TPSA) is 29.5 Å². The van der Waals surface area contributed by atoms with Crippen LogP contribution in [0.5, 0.6) is 11.5 Å². The number of alkyl halides is 3. The number of benzene rings is 1. The zero-order valence-electron chi connectivity index (χ0n) is 21.6. The quantitative estimate of drug-likeness (QED) is 0.330. The standard InChI is InChI=1S/C28H45F3O2/c1-19(12-8-14-22(4)28(29,30)31)10-7-11-20(2)13-9-16-27(6)17-15-24-23(5)26(32)21(3)18-25(24)33-27/h18-20,22,32H,7-17H2,1-6H3. The van der Waals surface area contributed by atoms with Crippen LogP contribution in [-0.2, 0) is 6.42 Å². The lowest BCUT2D eigenvalue weighted by atomic mass is 9.85. The van der Waals surface area contributed by atoms with Gasteiger partial charge < -0.3 is 9.84 Å². The lowest BCUT2D eigenvalue weighted by Crippen LogP contribution is -2.36. The summed E-state index contributed by atoms with van der Waals surface area (Å²) in [4.78, 5) is 0. The van der Waals surface area contributed by atoms with E-state index in [2.05, 4.69) is 20.8 Å². The van der Waals surface area contributed by atoms with Crippen molar-refractivity contribution in [2.45, 2.75) is 124 Å². The Morgan fingerprint density at radius 2 is 1.52 bits per heavy atom. The number of fused-ring (bicyclic) bond motifs is 1. The molecule has 2 rings (SSSR count). The van der Waals surface area contributed by atoms with Crippen molar-refractivity contribution < 1.29 is 23.0 Å². The molecule has 1 aromatic rings. The summed E-state index contributed by atoms with van der Waals surface area (Å²) < 4.78 is 44.2. The maximum Gasteiger partial charge on any atom is 0.391 e. The second-order valence-corrected chi connectivity index (χ2v) is 11.1. The molecule has 4 unspecified atom stereocenters. The van der Waals surface area contributed by atoms with E-state index in [0.29, 0.717) is 24.0 Å². The summed E-state index contributed by atoms with van der Waals surface area (Å²) in [6.07, 6.45) is 6.45. The zero-order chi connectivity index (χ0) is 24.8. The van der Waals surface area contributed by atoms with Gasteiger partial charge in [0.1, 0.15) is 17.1 Å². The summed E-state index contributed by atoms with van der Waals surface area (Å²) in [5, 5.41) is 10.2. The average molecular weight is 471 g/mol. The highest BCUT2D eigenvalue weighted by Crippen LogP contribution is 2.41. The van der Waals surface area contributed by atoms with E-state index in [1.165, 1.54) is 19.8 Å². The average Bonchev–Trinajstić information content (AvgIpc) is 2.71. The predicted octanol–water partition coefficient (Wildman–Crippen LogP) is 9.07. The molecule has 0 bridgehead atoms. The summed E-state index contributed by atoms with van der Waals surface area (Å²) in [6.45, 7) is 11.9. The Morgan fingerprint density at radius 1 is 0.970 bits per heavy atom. The first-order valence-electron chi connectivity index (χ1n) is 12.9. The van der Waals surface area contributed by atoms with Crippen LogP contribution in [-0.4, -0.2) is 16.9 Å². The van der Waals surface area contributed by atoms with Crippen molar-refractivity contribution in [2.24, 2.45) is 17.8 Å².